The van der Waals surface area contributed by atoms with Crippen molar-refractivity contribution < 1.29 is 20.1 Å². The predicted octanol–water partition coefficient (Wildman–Crippen LogP) is 7.65. The Balaban J connectivity index is 1.41. The van der Waals surface area contributed by atoms with Crippen molar-refractivity contribution in [2.75, 3.05) is 0 Å². The van der Waals surface area contributed by atoms with Crippen molar-refractivity contribution in [3.8, 4) is 28.4 Å². The molecule has 0 heterocycles. The van der Waals surface area contributed by atoms with Crippen LogP contribution >= 0.6 is 0 Å². The van der Waals surface area contributed by atoms with E-state index in [9.17, 15) is 15.3 Å². The molecule has 0 saturated heterocycles. The summed E-state index contributed by atoms with van der Waals surface area (Å²) < 4.78 is 5.99. The van der Waals surface area contributed by atoms with Gasteiger partial charge in [0.2, 0.25) is 0 Å². The van der Waals surface area contributed by atoms with E-state index in [1.165, 1.54) is 0 Å². The first-order valence-corrected chi connectivity index (χ1v) is 11.8. The number of hydrogen-bond donors (Lipinski definition) is 3. The first kappa shape index (κ1) is 22.0. The van der Waals surface area contributed by atoms with E-state index in [1.54, 1.807) is 12.1 Å². The Bertz CT molecular complexity index is 1750. The van der Waals surface area contributed by atoms with Gasteiger partial charge in [-0.15, -0.1) is 0 Å². The molecule has 0 fully saturated rings. The van der Waals surface area contributed by atoms with Gasteiger partial charge in [-0.1, -0.05) is 78.9 Å². The summed E-state index contributed by atoms with van der Waals surface area (Å²) in [7, 11) is 0. The molecule has 0 radical (unpaired) electrons. The first-order chi connectivity index (χ1) is 17.6. The maximum atomic E-state index is 11.5. The van der Waals surface area contributed by atoms with Crippen molar-refractivity contribution in [2.45, 2.75) is 13.2 Å². The Hall–Kier alpha value is -4.54. The number of hydrogen-bond acceptors (Lipinski definition) is 4. The Morgan fingerprint density at radius 2 is 1.03 bits per heavy atom. The highest BCUT2D eigenvalue weighted by molar-refractivity contribution is 6.10. The molecular formula is C32H24O4. The molecule has 4 nitrogen and oxygen atoms in total. The number of benzene rings is 6. The quantitative estimate of drug-likeness (QED) is 0.241. The van der Waals surface area contributed by atoms with Gasteiger partial charge >= 0.3 is 0 Å². The minimum Gasteiger partial charge on any atom is -0.508 e. The van der Waals surface area contributed by atoms with Gasteiger partial charge in [0.05, 0.1) is 13.2 Å². The van der Waals surface area contributed by atoms with Crippen molar-refractivity contribution in [3.63, 3.8) is 0 Å². The molecule has 6 rings (SSSR count). The molecule has 36 heavy (non-hydrogen) atoms. The maximum Gasteiger partial charge on any atom is 0.129 e. The fourth-order valence-corrected chi connectivity index (χ4v) is 4.94. The Morgan fingerprint density at radius 3 is 1.78 bits per heavy atom. The van der Waals surface area contributed by atoms with Crippen LogP contribution in [0, 0.1) is 0 Å². The van der Waals surface area contributed by atoms with Crippen molar-refractivity contribution in [1.82, 2.24) is 0 Å². The third-order valence-electron chi connectivity index (χ3n) is 6.72. The number of ether oxygens (including phenoxy) is 1. The van der Waals surface area contributed by atoms with Crippen LogP contribution in [0.5, 0.6) is 17.2 Å². The van der Waals surface area contributed by atoms with E-state index in [2.05, 4.69) is 0 Å². The van der Waals surface area contributed by atoms with Crippen molar-refractivity contribution in [2.24, 2.45) is 0 Å². The topological polar surface area (TPSA) is 69.9 Å². The van der Waals surface area contributed by atoms with Crippen LogP contribution in [-0.4, -0.2) is 15.3 Å². The normalized spacial score (nSPS) is 11.4. The average molecular weight is 473 g/mol. The maximum absolute atomic E-state index is 11.5. The van der Waals surface area contributed by atoms with E-state index in [1.807, 2.05) is 91.0 Å². The second kappa shape index (κ2) is 8.91. The van der Waals surface area contributed by atoms with Crippen LogP contribution in [-0.2, 0) is 18.0 Å². The minimum atomic E-state index is 0.0723. The standard InChI is InChI=1S/C32H24O4/c33-28-14-13-20-7-3-5-11-26(20)30(28)31-27-12-6-4-10-23(27)16-25(32(31)35)19-36-18-24-15-21-8-1-2-9-22(21)17-29(24)34/h1-17,33-35H,18-19H2. The fraction of sp³-hybridized carbons (Fsp3) is 0.0625. The third-order valence-corrected chi connectivity index (χ3v) is 6.72. The zero-order chi connectivity index (χ0) is 24.6. The molecule has 0 aliphatic heterocycles. The zero-order valence-electron chi connectivity index (χ0n) is 19.5. The SMILES string of the molecule is Oc1cc2ccccc2cc1COCc1cc2ccccc2c(-c2c(O)ccc3ccccc23)c1O. The zero-order valence-corrected chi connectivity index (χ0v) is 19.5. The van der Waals surface area contributed by atoms with E-state index in [-0.39, 0.29) is 30.5 Å². The summed E-state index contributed by atoms with van der Waals surface area (Å²) in [5, 5.41) is 38.5. The second-order valence-electron chi connectivity index (χ2n) is 8.98. The van der Waals surface area contributed by atoms with Gasteiger partial charge in [-0.3, -0.25) is 0 Å². The van der Waals surface area contributed by atoms with Crippen LogP contribution in [0.1, 0.15) is 11.1 Å². The average Bonchev–Trinajstić information content (AvgIpc) is 2.90. The second-order valence-corrected chi connectivity index (χ2v) is 8.98. The molecule has 0 aliphatic carbocycles. The molecule has 4 heteroatoms. The molecular weight excluding hydrogens is 448 g/mol. The van der Waals surface area contributed by atoms with Gasteiger partial charge in [-0.2, -0.15) is 0 Å². The largest absolute Gasteiger partial charge is 0.508 e. The van der Waals surface area contributed by atoms with Gasteiger partial charge in [0.15, 0.2) is 0 Å². The molecule has 6 aromatic rings. The molecule has 0 atom stereocenters. The smallest absolute Gasteiger partial charge is 0.129 e. The van der Waals surface area contributed by atoms with Gasteiger partial charge in [0.25, 0.3) is 0 Å². The van der Waals surface area contributed by atoms with Crippen LogP contribution < -0.4 is 0 Å². The predicted molar refractivity (Wildman–Crippen MR) is 144 cm³/mol. The van der Waals surface area contributed by atoms with Crippen molar-refractivity contribution in [3.05, 3.63) is 114 Å². The number of fused-ring (bicyclic) bond motifs is 3. The fourth-order valence-electron chi connectivity index (χ4n) is 4.94. The molecule has 176 valence electrons. The van der Waals surface area contributed by atoms with Crippen molar-refractivity contribution >= 4 is 32.3 Å². The molecule has 0 unspecified atom stereocenters. The Kier molecular flexibility index (Phi) is 5.44. The van der Waals surface area contributed by atoms with Gasteiger partial charge in [0.1, 0.15) is 17.2 Å². The van der Waals surface area contributed by atoms with E-state index in [0.29, 0.717) is 22.3 Å². The first-order valence-electron chi connectivity index (χ1n) is 11.8. The lowest BCUT2D eigenvalue weighted by molar-refractivity contribution is 0.104. The van der Waals surface area contributed by atoms with Gasteiger partial charge in [0, 0.05) is 22.3 Å². The summed E-state index contributed by atoms with van der Waals surface area (Å²) >= 11 is 0. The lowest BCUT2D eigenvalue weighted by Crippen LogP contribution is -1.97. The van der Waals surface area contributed by atoms with Crippen LogP contribution in [0.25, 0.3) is 43.4 Å². The lowest BCUT2D eigenvalue weighted by Gasteiger charge is -2.17. The molecule has 0 amide bonds. The van der Waals surface area contributed by atoms with E-state index >= 15 is 0 Å². The summed E-state index contributed by atoms with van der Waals surface area (Å²) in [6, 6.07) is 32.6. The molecule has 0 aromatic heterocycles. The van der Waals surface area contributed by atoms with Crippen LogP contribution in [0.2, 0.25) is 0 Å². The minimum absolute atomic E-state index is 0.0723. The highest BCUT2D eigenvalue weighted by Crippen LogP contribution is 2.46. The van der Waals surface area contributed by atoms with Crippen LogP contribution in [0.4, 0.5) is 0 Å². The van der Waals surface area contributed by atoms with Crippen molar-refractivity contribution in [1.29, 1.82) is 0 Å². The number of rotatable bonds is 5. The highest BCUT2D eigenvalue weighted by atomic mass is 16.5. The van der Waals surface area contributed by atoms with Gasteiger partial charge < -0.3 is 20.1 Å². The summed E-state index contributed by atoms with van der Waals surface area (Å²) in [5.41, 5.74) is 2.46. The summed E-state index contributed by atoms with van der Waals surface area (Å²) in [6.07, 6.45) is 0. The molecule has 0 bridgehead atoms. The third kappa shape index (κ3) is 3.78. The molecule has 0 spiro atoms. The van der Waals surface area contributed by atoms with Gasteiger partial charge in [-0.05, 0) is 56.6 Å². The molecule has 0 saturated carbocycles. The van der Waals surface area contributed by atoms with E-state index < -0.39 is 0 Å². The number of phenolic OH excluding ortho intramolecular Hbond substituents is 3. The van der Waals surface area contributed by atoms with E-state index in [4.69, 9.17) is 4.74 Å². The summed E-state index contributed by atoms with van der Waals surface area (Å²) in [5.74, 6) is 0.356. The van der Waals surface area contributed by atoms with Gasteiger partial charge in [-0.25, -0.2) is 0 Å². The Labute approximate surface area is 208 Å². The Morgan fingerprint density at radius 1 is 0.472 bits per heavy atom. The van der Waals surface area contributed by atoms with Crippen LogP contribution in [0.15, 0.2) is 103 Å². The highest BCUT2D eigenvalue weighted by Gasteiger charge is 2.20. The lowest BCUT2D eigenvalue weighted by atomic mass is 9.90. The number of phenols is 3. The molecule has 3 N–H and O–H groups in total. The van der Waals surface area contributed by atoms with E-state index in [0.717, 1.165) is 32.3 Å². The van der Waals surface area contributed by atoms with Crippen LogP contribution in [0.3, 0.4) is 0 Å². The summed E-state index contributed by atoms with van der Waals surface area (Å²) in [4.78, 5) is 0. The monoisotopic (exact) mass is 472 g/mol. The molecule has 0 aliphatic rings. The molecule has 6 aromatic carbocycles. The number of aromatic hydroxyl groups is 3. The summed E-state index contributed by atoms with van der Waals surface area (Å²) in [6.45, 7) is 0.333.